The Morgan fingerprint density at radius 3 is 2.59 bits per heavy atom. The summed E-state index contributed by atoms with van der Waals surface area (Å²) < 4.78 is 1.26. The topological polar surface area (TPSA) is 48.5 Å². The minimum absolute atomic E-state index is 0.0546. The Labute approximate surface area is 163 Å². The molecule has 1 fully saturated rings. The van der Waals surface area contributed by atoms with Crippen molar-refractivity contribution in [3.05, 3.63) is 59.1 Å². The zero-order chi connectivity index (χ0) is 18.6. The Kier molecular flexibility index (Phi) is 5.48. The Bertz CT molecular complexity index is 916. The van der Waals surface area contributed by atoms with Gasteiger partial charge in [-0.2, -0.15) is 0 Å². The minimum atomic E-state index is 0.0546. The van der Waals surface area contributed by atoms with E-state index in [0.717, 1.165) is 48.9 Å². The molecule has 1 N–H and O–H groups in total. The Hall–Kier alpha value is -2.28. The van der Waals surface area contributed by atoms with Crippen molar-refractivity contribution in [1.82, 2.24) is 14.8 Å². The SMILES string of the molecule is Cc1nc2cc(CN3CCN(CC(=O)Nc4ccccc4)CC3)ccc2s1. The van der Waals surface area contributed by atoms with Crippen LogP contribution in [0.1, 0.15) is 10.6 Å². The fraction of sp³-hybridized carbons (Fsp3) is 0.333. The molecule has 3 aromatic rings. The molecule has 0 saturated carbocycles. The van der Waals surface area contributed by atoms with Gasteiger partial charge < -0.3 is 5.32 Å². The molecule has 6 heteroatoms. The van der Waals surface area contributed by atoms with Crippen molar-refractivity contribution in [2.24, 2.45) is 0 Å². The fourth-order valence-electron chi connectivity index (χ4n) is 3.48. The first kappa shape index (κ1) is 18.1. The maximum atomic E-state index is 12.2. The van der Waals surface area contributed by atoms with Crippen LogP contribution in [-0.4, -0.2) is 53.4 Å². The molecule has 1 aliphatic heterocycles. The van der Waals surface area contributed by atoms with Gasteiger partial charge in [0.05, 0.1) is 21.8 Å². The Balaban J connectivity index is 1.26. The van der Waals surface area contributed by atoms with Crippen molar-refractivity contribution in [2.75, 3.05) is 38.0 Å². The van der Waals surface area contributed by atoms with Crippen molar-refractivity contribution >= 4 is 33.1 Å². The predicted molar refractivity (Wildman–Crippen MR) is 111 cm³/mol. The molecule has 1 amide bonds. The number of carbonyl (C=O) groups excluding carboxylic acids is 1. The van der Waals surface area contributed by atoms with E-state index in [0.29, 0.717) is 6.54 Å². The minimum Gasteiger partial charge on any atom is -0.325 e. The molecule has 2 heterocycles. The monoisotopic (exact) mass is 380 g/mol. The summed E-state index contributed by atoms with van der Waals surface area (Å²) in [6, 6.07) is 16.2. The summed E-state index contributed by atoms with van der Waals surface area (Å²) in [6.07, 6.45) is 0. The number of nitrogens with one attached hydrogen (secondary N) is 1. The van der Waals surface area contributed by atoms with E-state index in [-0.39, 0.29) is 5.91 Å². The number of benzene rings is 2. The molecule has 4 rings (SSSR count). The van der Waals surface area contributed by atoms with Gasteiger partial charge in [-0.05, 0) is 36.8 Å². The number of hydrogen-bond acceptors (Lipinski definition) is 5. The molecule has 1 saturated heterocycles. The maximum Gasteiger partial charge on any atom is 0.238 e. The number of fused-ring (bicyclic) bond motifs is 1. The van der Waals surface area contributed by atoms with Gasteiger partial charge in [-0.25, -0.2) is 4.98 Å². The van der Waals surface area contributed by atoms with E-state index < -0.39 is 0 Å². The first-order valence-electron chi connectivity index (χ1n) is 9.31. The molecule has 0 unspecified atom stereocenters. The highest BCUT2D eigenvalue weighted by atomic mass is 32.1. The normalized spacial score (nSPS) is 15.9. The van der Waals surface area contributed by atoms with Crippen LogP contribution >= 0.6 is 11.3 Å². The van der Waals surface area contributed by atoms with Crippen LogP contribution in [0.2, 0.25) is 0 Å². The number of rotatable bonds is 5. The van der Waals surface area contributed by atoms with Gasteiger partial charge in [-0.3, -0.25) is 14.6 Å². The lowest BCUT2D eigenvalue weighted by Crippen LogP contribution is -2.48. The van der Waals surface area contributed by atoms with E-state index in [1.807, 2.05) is 30.3 Å². The standard InChI is InChI=1S/C21H24N4OS/c1-16-22-19-13-17(7-8-20(19)27-16)14-24-9-11-25(12-10-24)15-21(26)23-18-5-3-2-4-6-18/h2-8,13H,9-12,14-15H2,1H3,(H,23,26). The molecule has 0 atom stereocenters. The van der Waals surface area contributed by atoms with Crippen LogP contribution in [0.4, 0.5) is 5.69 Å². The van der Waals surface area contributed by atoms with Gasteiger partial charge in [0.25, 0.3) is 0 Å². The third-order valence-corrected chi connectivity index (χ3v) is 5.81. The van der Waals surface area contributed by atoms with Crippen LogP contribution in [0.25, 0.3) is 10.2 Å². The highest BCUT2D eigenvalue weighted by Crippen LogP contribution is 2.23. The summed E-state index contributed by atoms with van der Waals surface area (Å²) in [6.45, 7) is 7.24. The largest absolute Gasteiger partial charge is 0.325 e. The van der Waals surface area contributed by atoms with Crippen molar-refractivity contribution in [1.29, 1.82) is 0 Å². The molecule has 0 spiro atoms. The molecular weight excluding hydrogens is 356 g/mol. The molecule has 27 heavy (non-hydrogen) atoms. The van der Waals surface area contributed by atoms with Crippen LogP contribution in [0, 0.1) is 6.92 Å². The fourth-order valence-corrected chi connectivity index (χ4v) is 4.28. The molecule has 140 valence electrons. The number of hydrogen-bond donors (Lipinski definition) is 1. The average molecular weight is 381 g/mol. The zero-order valence-electron chi connectivity index (χ0n) is 15.5. The second kappa shape index (κ2) is 8.17. The van der Waals surface area contributed by atoms with Crippen molar-refractivity contribution in [3.63, 3.8) is 0 Å². The van der Waals surface area contributed by atoms with E-state index in [9.17, 15) is 4.79 Å². The second-order valence-electron chi connectivity index (χ2n) is 7.00. The summed E-state index contributed by atoms with van der Waals surface area (Å²) in [5, 5.41) is 4.07. The lowest BCUT2D eigenvalue weighted by atomic mass is 10.2. The number of aromatic nitrogens is 1. The van der Waals surface area contributed by atoms with Gasteiger partial charge in [0.2, 0.25) is 5.91 Å². The first-order chi connectivity index (χ1) is 13.2. The van der Waals surface area contributed by atoms with Crippen LogP contribution in [-0.2, 0) is 11.3 Å². The molecule has 1 aliphatic rings. The van der Waals surface area contributed by atoms with E-state index in [1.54, 1.807) is 11.3 Å². The van der Waals surface area contributed by atoms with Crippen molar-refractivity contribution in [2.45, 2.75) is 13.5 Å². The number of anilines is 1. The van der Waals surface area contributed by atoms with Gasteiger partial charge in [0, 0.05) is 38.4 Å². The smallest absolute Gasteiger partial charge is 0.238 e. The molecule has 1 aromatic heterocycles. The lowest BCUT2D eigenvalue weighted by Gasteiger charge is -2.34. The number of carbonyl (C=O) groups is 1. The van der Waals surface area contributed by atoms with Crippen molar-refractivity contribution in [3.8, 4) is 0 Å². The summed E-state index contributed by atoms with van der Waals surface area (Å²) >= 11 is 1.74. The molecular formula is C21H24N4OS. The maximum absolute atomic E-state index is 12.2. The highest BCUT2D eigenvalue weighted by Gasteiger charge is 2.19. The Morgan fingerprint density at radius 1 is 1.07 bits per heavy atom. The van der Waals surface area contributed by atoms with E-state index in [2.05, 4.69) is 45.2 Å². The van der Waals surface area contributed by atoms with Crippen LogP contribution in [0.15, 0.2) is 48.5 Å². The molecule has 2 aromatic carbocycles. The molecule has 0 aliphatic carbocycles. The zero-order valence-corrected chi connectivity index (χ0v) is 16.3. The first-order valence-corrected chi connectivity index (χ1v) is 10.1. The van der Waals surface area contributed by atoms with E-state index in [4.69, 9.17) is 0 Å². The third-order valence-electron chi connectivity index (χ3n) is 4.85. The van der Waals surface area contributed by atoms with Crippen LogP contribution < -0.4 is 5.32 Å². The summed E-state index contributed by atoms with van der Waals surface area (Å²) in [5.41, 5.74) is 3.27. The van der Waals surface area contributed by atoms with Gasteiger partial charge in [0.1, 0.15) is 0 Å². The van der Waals surface area contributed by atoms with Crippen LogP contribution in [0.3, 0.4) is 0 Å². The average Bonchev–Trinajstić information content (AvgIpc) is 3.03. The Morgan fingerprint density at radius 2 is 1.81 bits per heavy atom. The highest BCUT2D eigenvalue weighted by molar-refractivity contribution is 7.18. The van der Waals surface area contributed by atoms with Gasteiger partial charge in [0.15, 0.2) is 0 Å². The van der Waals surface area contributed by atoms with Gasteiger partial charge in [-0.1, -0.05) is 24.3 Å². The van der Waals surface area contributed by atoms with Crippen LogP contribution in [0.5, 0.6) is 0 Å². The number of piperazine rings is 1. The lowest BCUT2D eigenvalue weighted by molar-refractivity contribution is -0.117. The quantitative estimate of drug-likeness (QED) is 0.737. The third kappa shape index (κ3) is 4.71. The van der Waals surface area contributed by atoms with E-state index in [1.165, 1.54) is 10.3 Å². The summed E-state index contributed by atoms with van der Waals surface area (Å²) in [4.78, 5) is 21.5. The number of para-hydroxylation sites is 1. The molecule has 0 bridgehead atoms. The number of aryl methyl sites for hydroxylation is 1. The number of thiazole rings is 1. The van der Waals surface area contributed by atoms with Crippen molar-refractivity contribution < 1.29 is 4.79 Å². The van der Waals surface area contributed by atoms with Gasteiger partial charge >= 0.3 is 0 Å². The second-order valence-corrected chi connectivity index (χ2v) is 8.24. The number of nitrogens with zero attached hydrogens (tertiary/aromatic N) is 3. The van der Waals surface area contributed by atoms with Gasteiger partial charge in [-0.15, -0.1) is 11.3 Å². The predicted octanol–water partition coefficient (Wildman–Crippen LogP) is 3.36. The summed E-state index contributed by atoms with van der Waals surface area (Å²) in [5.74, 6) is 0.0546. The number of amides is 1. The molecule has 0 radical (unpaired) electrons. The van der Waals surface area contributed by atoms with E-state index >= 15 is 0 Å². The molecule has 5 nitrogen and oxygen atoms in total. The summed E-state index contributed by atoms with van der Waals surface area (Å²) in [7, 11) is 0.